The molecule has 0 spiro atoms. The first kappa shape index (κ1) is 19.3. The minimum Gasteiger partial charge on any atom is -0.497 e. The van der Waals surface area contributed by atoms with E-state index >= 15 is 0 Å². The van der Waals surface area contributed by atoms with Gasteiger partial charge in [0.2, 0.25) is 5.91 Å². The highest BCUT2D eigenvalue weighted by molar-refractivity contribution is 5.74. The normalized spacial score (nSPS) is 17.0. The predicted octanol–water partition coefficient (Wildman–Crippen LogP) is 1.96. The summed E-state index contributed by atoms with van der Waals surface area (Å²) in [6.07, 6.45) is 4.44. The van der Waals surface area contributed by atoms with Crippen LogP contribution in [0.15, 0.2) is 36.7 Å². The second-order valence-electron chi connectivity index (χ2n) is 7.39. The molecule has 8 heteroatoms. The SMILES string of the molecule is COc1cccc(CN2CCC(c3nn(CCNC(C)=O)c4nccnc34)C2)c1. The summed E-state index contributed by atoms with van der Waals surface area (Å²) in [6, 6.07) is 8.22. The van der Waals surface area contributed by atoms with E-state index in [-0.39, 0.29) is 5.91 Å². The number of methoxy groups -OCH3 is 1. The van der Waals surface area contributed by atoms with Crippen LogP contribution in [0.4, 0.5) is 0 Å². The lowest BCUT2D eigenvalue weighted by Crippen LogP contribution is -2.25. The molecule has 29 heavy (non-hydrogen) atoms. The molecule has 3 aromatic rings. The van der Waals surface area contributed by atoms with Crippen molar-refractivity contribution in [1.82, 2.24) is 30.0 Å². The first-order valence-electron chi connectivity index (χ1n) is 9.91. The third-order valence-electron chi connectivity index (χ3n) is 5.29. The van der Waals surface area contributed by atoms with E-state index in [0.717, 1.165) is 48.7 Å². The average molecular weight is 394 g/mol. The Morgan fingerprint density at radius 3 is 3.00 bits per heavy atom. The number of hydrogen-bond donors (Lipinski definition) is 1. The fourth-order valence-corrected chi connectivity index (χ4v) is 3.92. The van der Waals surface area contributed by atoms with Crippen molar-refractivity contribution in [2.24, 2.45) is 0 Å². The number of nitrogens with one attached hydrogen (secondary N) is 1. The van der Waals surface area contributed by atoms with Gasteiger partial charge in [0.1, 0.15) is 11.3 Å². The van der Waals surface area contributed by atoms with Crippen LogP contribution in [0, 0.1) is 0 Å². The lowest BCUT2D eigenvalue weighted by atomic mass is 10.0. The third kappa shape index (κ3) is 4.37. The van der Waals surface area contributed by atoms with Crippen LogP contribution in [-0.4, -0.2) is 57.3 Å². The maximum atomic E-state index is 11.2. The topological polar surface area (TPSA) is 85.2 Å². The first-order valence-corrected chi connectivity index (χ1v) is 9.91. The number of carbonyl (C=O) groups excluding carboxylic acids is 1. The number of amides is 1. The van der Waals surface area contributed by atoms with E-state index in [4.69, 9.17) is 9.84 Å². The molecule has 1 amide bonds. The van der Waals surface area contributed by atoms with E-state index in [1.54, 1.807) is 19.5 Å². The Balaban J connectivity index is 1.49. The monoisotopic (exact) mass is 394 g/mol. The standard InChI is InChI=1S/C21H26N6O2/c1-15(28)22-9-11-27-21-20(23-7-8-24-21)19(25-27)17-6-10-26(14-17)13-16-4-3-5-18(12-16)29-2/h3-5,7-8,12,17H,6,9-11,13-14H2,1-2H3,(H,22,28). The molecular formula is C21H26N6O2. The molecule has 1 saturated heterocycles. The summed E-state index contributed by atoms with van der Waals surface area (Å²) in [5.74, 6) is 1.16. The Hall–Kier alpha value is -3.00. The molecule has 1 aromatic carbocycles. The van der Waals surface area contributed by atoms with Crippen molar-refractivity contribution in [3.05, 3.63) is 47.9 Å². The number of fused-ring (bicyclic) bond motifs is 1. The highest BCUT2D eigenvalue weighted by Gasteiger charge is 2.29. The number of carbonyl (C=O) groups is 1. The third-order valence-corrected chi connectivity index (χ3v) is 5.29. The van der Waals surface area contributed by atoms with Crippen LogP contribution < -0.4 is 10.1 Å². The van der Waals surface area contributed by atoms with Crippen molar-refractivity contribution < 1.29 is 9.53 Å². The second kappa shape index (κ2) is 8.57. The summed E-state index contributed by atoms with van der Waals surface area (Å²) in [5, 5.41) is 7.65. The van der Waals surface area contributed by atoms with Gasteiger partial charge in [0.15, 0.2) is 5.65 Å². The molecule has 0 aliphatic carbocycles. The van der Waals surface area contributed by atoms with Crippen LogP contribution in [0.3, 0.4) is 0 Å². The lowest BCUT2D eigenvalue weighted by molar-refractivity contribution is -0.118. The van der Waals surface area contributed by atoms with Gasteiger partial charge in [0.05, 0.1) is 19.3 Å². The smallest absolute Gasteiger partial charge is 0.216 e. The minimum absolute atomic E-state index is 0.0447. The number of benzene rings is 1. The van der Waals surface area contributed by atoms with Gasteiger partial charge in [0, 0.05) is 44.9 Å². The number of aromatic nitrogens is 4. The molecule has 1 aliphatic heterocycles. The molecule has 8 nitrogen and oxygen atoms in total. The summed E-state index contributed by atoms with van der Waals surface area (Å²) in [5.41, 5.74) is 3.89. The number of ether oxygens (including phenoxy) is 1. The van der Waals surface area contributed by atoms with E-state index in [9.17, 15) is 4.79 Å². The molecule has 1 fully saturated rings. The van der Waals surface area contributed by atoms with E-state index in [0.29, 0.717) is 19.0 Å². The number of rotatable bonds is 7. The molecule has 1 aliphatic rings. The maximum Gasteiger partial charge on any atom is 0.216 e. The zero-order chi connectivity index (χ0) is 20.2. The second-order valence-corrected chi connectivity index (χ2v) is 7.39. The molecule has 3 heterocycles. The molecule has 0 saturated carbocycles. The molecule has 1 unspecified atom stereocenters. The quantitative estimate of drug-likeness (QED) is 0.659. The van der Waals surface area contributed by atoms with Crippen molar-refractivity contribution in [3.8, 4) is 5.75 Å². The Bertz CT molecular complexity index is 1000. The Kier molecular flexibility index (Phi) is 5.71. The fraction of sp³-hybridized carbons (Fsp3) is 0.429. The van der Waals surface area contributed by atoms with Crippen molar-refractivity contribution in [2.45, 2.75) is 32.4 Å². The predicted molar refractivity (Wildman–Crippen MR) is 110 cm³/mol. The molecule has 1 atom stereocenters. The van der Waals surface area contributed by atoms with Crippen LogP contribution in [0.5, 0.6) is 5.75 Å². The average Bonchev–Trinajstić information content (AvgIpc) is 3.33. The zero-order valence-corrected chi connectivity index (χ0v) is 16.8. The maximum absolute atomic E-state index is 11.2. The summed E-state index contributed by atoms with van der Waals surface area (Å²) in [4.78, 5) is 22.6. The Morgan fingerprint density at radius 2 is 2.17 bits per heavy atom. The molecular weight excluding hydrogens is 368 g/mol. The van der Waals surface area contributed by atoms with E-state index < -0.39 is 0 Å². The van der Waals surface area contributed by atoms with Crippen molar-refractivity contribution >= 4 is 17.1 Å². The van der Waals surface area contributed by atoms with Gasteiger partial charge in [-0.15, -0.1) is 0 Å². The van der Waals surface area contributed by atoms with E-state index in [1.165, 1.54) is 12.5 Å². The molecule has 2 aromatic heterocycles. The molecule has 0 bridgehead atoms. The van der Waals surface area contributed by atoms with Gasteiger partial charge in [-0.1, -0.05) is 12.1 Å². The summed E-state index contributed by atoms with van der Waals surface area (Å²) in [6.45, 7) is 5.46. The van der Waals surface area contributed by atoms with Crippen LogP contribution in [-0.2, 0) is 17.9 Å². The highest BCUT2D eigenvalue weighted by Crippen LogP contribution is 2.31. The van der Waals surface area contributed by atoms with Crippen LogP contribution >= 0.6 is 0 Å². The number of hydrogen-bond acceptors (Lipinski definition) is 6. The minimum atomic E-state index is -0.0447. The zero-order valence-electron chi connectivity index (χ0n) is 16.8. The van der Waals surface area contributed by atoms with Gasteiger partial charge >= 0.3 is 0 Å². The number of likely N-dealkylation sites (tertiary alicyclic amines) is 1. The summed E-state index contributed by atoms with van der Waals surface area (Å²) < 4.78 is 7.19. The van der Waals surface area contributed by atoms with Crippen LogP contribution in [0.25, 0.3) is 11.2 Å². The fourth-order valence-electron chi connectivity index (χ4n) is 3.92. The summed E-state index contributed by atoms with van der Waals surface area (Å²) in [7, 11) is 1.69. The van der Waals surface area contributed by atoms with Crippen LogP contribution in [0.1, 0.15) is 30.5 Å². The largest absolute Gasteiger partial charge is 0.497 e. The van der Waals surface area contributed by atoms with Crippen LogP contribution in [0.2, 0.25) is 0 Å². The molecule has 152 valence electrons. The molecule has 0 radical (unpaired) electrons. The van der Waals surface area contributed by atoms with Crippen molar-refractivity contribution in [1.29, 1.82) is 0 Å². The molecule has 4 rings (SSSR count). The first-order chi connectivity index (χ1) is 14.1. The van der Waals surface area contributed by atoms with Crippen molar-refractivity contribution in [3.63, 3.8) is 0 Å². The van der Waals surface area contributed by atoms with E-state index in [2.05, 4.69) is 32.3 Å². The van der Waals surface area contributed by atoms with Gasteiger partial charge in [0.25, 0.3) is 0 Å². The lowest BCUT2D eigenvalue weighted by Gasteiger charge is -2.16. The molecule has 1 N–H and O–H groups in total. The van der Waals surface area contributed by atoms with Gasteiger partial charge in [-0.2, -0.15) is 5.10 Å². The van der Waals surface area contributed by atoms with Gasteiger partial charge in [-0.25, -0.2) is 14.6 Å². The number of nitrogens with zero attached hydrogens (tertiary/aromatic N) is 5. The van der Waals surface area contributed by atoms with Gasteiger partial charge < -0.3 is 10.1 Å². The van der Waals surface area contributed by atoms with Gasteiger partial charge in [-0.3, -0.25) is 9.69 Å². The Labute approximate surface area is 169 Å². The van der Waals surface area contributed by atoms with Gasteiger partial charge in [-0.05, 0) is 30.7 Å². The highest BCUT2D eigenvalue weighted by atomic mass is 16.5. The van der Waals surface area contributed by atoms with E-state index in [1.807, 2.05) is 16.8 Å². The Morgan fingerprint density at radius 1 is 1.31 bits per heavy atom. The van der Waals surface area contributed by atoms with Crippen molar-refractivity contribution in [2.75, 3.05) is 26.7 Å². The summed E-state index contributed by atoms with van der Waals surface area (Å²) >= 11 is 0.